The van der Waals surface area contributed by atoms with Crippen LogP contribution in [0.1, 0.15) is 17.4 Å². The number of hydrogen-bond acceptors (Lipinski definition) is 3. The van der Waals surface area contributed by atoms with Gasteiger partial charge < -0.3 is 10.4 Å². The van der Waals surface area contributed by atoms with Crippen LogP contribution in [0.3, 0.4) is 0 Å². The molecule has 0 aliphatic carbocycles. The van der Waals surface area contributed by atoms with Gasteiger partial charge in [0.1, 0.15) is 5.69 Å². The van der Waals surface area contributed by atoms with E-state index in [2.05, 4.69) is 26.2 Å². The van der Waals surface area contributed by atoms with Crippen molar-refractivity contribution < 1.29 is 14.7 Å². The van der Waals surface area contributed by atoms with Crippen molar-refractivity contribution in [2.75, 3.05) is 5.32 Å². The Balaban J connectivity index is 2.72. The molecule has 0 aliphatic heterocycles. The van der Waals surface area contributed by atoms with Crippen molar-refractivity contribution in [3.8, 4) is 0 Å². The molecule has 1 heterocycles. The zero-order valence-electron chi connectivity index (χ0n) is 9.40. The Morgan fingerprint density at radius 3 is 2.56 bits per heavy atom. The van der Waals surface area contributed by atoms with E-state index in [9.17, 15) is 9.59 Å². The molecule has 18 heavy (non-hydrogen) atoms. The lowest BCUT2D eigenvalue weighted by atomic mass is 10.1. The van der Waals surface area contributed by atoms with Gasteiger partial charge in [-0.25, -0.2) is 9.78 Å². The van der Waals surface area contributed by atoms with Crippen LogP contribution in [-0.2, 0) is 4.79 Å². The van der Waals surface area contributed by atoms with Gasteiger partial charge in [-0.1, -0.05) is 12.1 Å². The van der Waals surface area contributed by atoms with E-state index < -0.39 is 5.97 Å². The summed E-state index contributed by atoms with van der Waals surface area (Å²) in [5.74, 6) is -1.35. The molecule has 0 radical (unpaired) electrons. The number of hydrogen-bond donors (Lipinski definition) is 2. The largest absolute Gasteiger partial charge is 0.477 e. The van der Waals surface area contributed by atoms with Crippen molar-refractivity contribution in [3.63, 3.8) is 0 Å². The molecule has 1 amide bonds. The number of rotatable bonds is 2. The highest BCUT2D eigenvalue weighted by Crippen LogP contribution is 2.30. The first kappa shape index (κ1) is 12.5. The fourth-order valence-electron chi connectivity index (χ4n) is 1.58. The normalized spacial score (nSPS) is 10.3. The summed E-state index contributed by atoms with van der Waals surface area (Å²) in [6, 6.07) is 6.65. The molecule has 6 heteroatoms. The number of pyridine rings is 1. The molecule has 92 valence electrons. The third kappa shape index (κ3) is 2.33. The number of anilines is 1. The topological polar surface area (TPSA) is 79.3 Å². The summed E-state index contributed by atoms with van der Waals surface area (Å²) in [6.07, 6.45) is 0. The molecular weight excluding hydrogens is 300 g/mol. The number of aromatic carboxylic acids is 1. The zero-order valence-corrected chi connectivity index (χ0v) is 11.0. The lowest BCUT2D eigenvalue weighted by Crippen LogP contribution is -2.08. The minimum absolute atomic E-state index is 0.0628. The van der Waals surface area contributed by atoms with Crippen LogP contribution < -0.4 is 5.32 Å². The number of carbonyl (C=O) groups excluding carboxylic acids is 1. The second-order valence-electron chi connectivity index (χ2n) is 3.68. The molecule has 0 spiro atoms. The molecule has 0 saturated carbocycles. The van der Waals surface area contributed by atoms with Gasteiger partial charge in [-0.3, -0.25) is 4.79 Å². The number of carboxylic acids is 1. The smallest absolute Gasteiger partial charge is 0.354 e. The Morgan fingerprint density at radius 2 is 1.94 bits per heavy atom. The third-order valence-corrected chi connectivity index (χ3v) is 2.99. The van der Waals surface area contributed by atoms with E-state index in [0.717, 1.165) is 5.39 Å². The van der Waals surface area contributed by atoms with Gasteiger partial charge in [-0.2, -0.15) is 0 Å². The molecule has 0 aliphatic rings. The summed E-state index contributed by atoms with van der Waals surface area (Å²) in [5, 5.41) is 12.3. The molecule has 1 aromatic heterocycles. The van der Waals surface area contributed by atoms with Gasteiger partial charge in [0, 0.05) is 16.8 Å². The van der Waals surface area contributed by atoms with Crippen LogP contribution in [-0.4, -0.2) is 22.0 Å². The van der Waals surface area contributed by atoms with Crippen molar-refractivity contribution in [1.82, 2.24) is 4.98 Å². The predicted octanol–water partition coefficient (Wildman–Crippen LogP) is 2.65. The molecule has 2 rings (SSSR count). The highest BCUT2D eigenvalue weighted by atomic mass is 79.9. The fraction of sp³-hybridized carbons (Fsp3) is 0.0833. The number of fused-ring (bicyclic) bond motifs is 1. The summed E-state index contributed by atoms with van der Waals surface area (Å²) in [6.45, 7) is 1.38. The highest BCUT2D eigenvalue weighted by Gasteiger charge is 2.12. The van der Waals surface area contributed by atoms with Crippen molar-refractivity contribution in [1.29, 1.82) is 0 Å². The van der Waals surface area contributed by atoms with Crippen molar-refractivity contribution in [2.24, 2.45) is 0 Å². The number of nitrogens with one attached hydrogen (secondary N) is 1. The van der Waals surface area contributed by atoms with Crippen LogP contribution in [0.2, 0.25) is 0 Å². The fourth-order valence-corrected chi connectivity index (χ4v) is 2.00. The Labute approximate surface area is 111 Å². The van der Waals surface area contributed by atoms with Crippen LogP contribution in [0.5, 0.6) is 0 Å². The number of aromatic nitrogens is 1. The Morgan fingerprint density at radius 1 is 1.28 bits per heavy atom. The summed E-state index contributed by atoms with van der Waals surface area (Å²) < 4.78 is 0.653. The van der Waals surface area contributed by atoms with Gasteiger partial charge in [0.15, 0.2) is 0 Å². The zero-order chi connectivity index (χ0) is 13.3. The van der Waals surface area contributed by atoms with E-state index in [4.69, 9.17) is 5.11 Å². The average molecular weight is 309 g/mol. The molecule has 2 aromatic rings. The highest BCUT2D eigenvalue weighted by molar-refractivity contribution is 9.10. The lowest BCUT2D eigenvalue weighted by Gasteiger charge is -2.09. The van der Waals surface area contributed by atoms with Gasteiger partial charge in [-0.05, 0) is 28.1 Å². The standard InChI is InChI=1S/C12H9BrN2O3/c1-6(16)14-11-8(13)4-2-7-3-5-9(12(17)18)15-10(7)11/h2-5H,1H3,(H,14,16)(H,17,18). The molecule has 5 nitrogen and oxygen atoms in total. The molecule has 1 aromatic carbocycles. The average Bonchev–Trinajstić information content (AvgIpc) is 2.31. The number of nitrogens with zero attached hydrogens (tertiary/aromatic N) is 1. The molecule has 0 fully saturated rings. The van der Waals surface area contributed by atoms with Crippen LogP contribution in [0.4, 0.5) is 5.69 Å². The van der Waals surface area contributed by atoms with Crippen LogP contribution in [0, 0.1) is 0 Å². The molecule has 0 saturated heterocycles. The Kier molecular flexibility index (Phi) is 3.29. The number of halogens is 1. The molecule has 0 bridgehead atoms. The maximum atomic E-state index is 11.2. The number of carbonyl (C=O) groups is 2. The lowest BCUT2D eigenvalue weighted by molar-refractivity contribution is -0.114. The SMILES string of the molecule is CC(=O)Nc1c(Br)ccc2ccc(C(=O)O)nc12. The van der Waals surface area contributed by atoms with Crippen LogP contribution in [0.15, 0.2) is 28.7 Å². The summed E-state index contributed by atoms with van der Waals surface area (Å²) in [5.41, 5.74) is 0.856. The van der Waals surface area contributed by atoms with Crippen molar-refractivity contribution in [2.45, 2.75) is 6.92 Å². The summed E-state index contributed by atoms with van der Waals surface area (Å²) >= 11 is 3.31. The second-order valence-corrected chi connectivity index (χ2v) is 4.53. The van der Waals surface area contributed by atoms with E-state index in [-0.39, 0.29) is 11.6 Å². The molecule has 0 unspecified atom stereocenters. The van der Waals surface area contributed by atoms with E-state index in [0.29, 0.717) is 15.7 Å². The Hall–Kier alpha value is -1.95. The number of benzene rings is 1. The molecule has 0 atom stereocenters. The predicted molar refractivity (Wildman–Crippen MR) is 70.7 cm³/mol. The Bertz CT molecular complexity index is 655. The second kappa shape index (κ2) is 4.73. The van der Waals surface area contributed by atoms with Gasteiger partial charge in [0.2, 0.25) is 5.91 Å². The number of carboxylic acid groups (broad SMARTS) is 1. The van der Waals surface area contributed by atoms with Gasteiger partial charge >= 0.3 is 5.97 Å². The summed E-state index contributed by atoms with van der Waals surface area (Å²) in [7, 11) is 0. The van der Waals surface area contributed by atoms with E-state index in [1.807, 2.05) is 0 Å². The first-order chi connectivity index (χ1) is 8.49. The van der Waals surface area contributed by atoms with Crippen molar-refractivity contribution in [3.05, 3.63) is 34.4 Å². The first-order valence-electron chi connectivity index (χ1n) is 5.09. The van der Waals surface area contributed by atoms with Crippen LogP contribution in [0.25, 0.3) is 10.9 Å². The summed E-state index contributed by atoms with van der Waals surface area (Å²) in [4.78, 5) is 26.1. The van der Waals surface area contributed by atoms with E-state index >= 15 is 0 Å². The first-order valence-corrected chi connectivity index (χ1v) is 5.88. The van der Waals surface area contributed by atoms with Gasteiger partial charge in [0.25, 0.3) is 0 Å². The quantitative estimate of drug-likeness (QED) is 0.894. The van der Waals surface area contributed by atoms with E-state index in [1.54, 1.807) is 18.2 Å². The molecule has 2 N–H and O–H groups in total. The maximum Gasteiger partial charge on any atom is 0.354 e. The minimum atomic E-state index is -1.11. The van der Waals surface area contributed by atoms with E-state index in [1.165, 1.54) is 13.0 Å². The maximum absolute atomic E-state index is 11.2. The van der Waals surface area contributed by atoms with Crippen LogP contribution >= 0.6 is 15.9 Å². The monoisotopic (exact) mass is 308 g/mol. The third-order valence-electron chi connectivity index (χ3n) is 2.33. The van der Waals surface area contributed by atoms with Crippen molar-refractivity contribution >= 4 is 44.4 Å². The number of amides is 1. The molecular formula is C12H9BrN2O3. The minimum Gasteiger partial charge on any atom is -0.477 e. The van der Waals surface area contributed by atoms with Gasteiger partial charge in [0.05, 0.1) is 11.2 Å². The van der Waals surface area contributed by atoms with Gasteiger partial charge in [-0.15, -0.1) is 0 Å².